The van der Waals surface area contributed by atoms with Crippen molar-refractivity contribution in [2.24, 2.45) is 0 Å². The fraction of sp³-hybridized carbons (Fsp3) is 0.333. The molecule has 0 radical (unpaired) electrons. The molecule has 0 aliphatic carbocycles. The maximum Gasteiger partial charge on any atom is 0.339 e. The molecule has 24 heavy (non-hydrogen) atoms. The van der Waals surface area contributed by atoms with Crippen molar-refractivity contribution in [3.63, 3.8) is 0 Å². The quantitative estimate of drug-likeness (QED) is 0.851. The van der Waals surface area contributed by atoms with Crippen LogP contribution in [0.25, 0.3) is 10.8 Å². The van der Waals surface area contributed by atoms with Crippen LogP contribution in [0.2, 0.25) is 0 Å². The number of rotatable bonds is 6. The van der Waals surface area contributed by atoms with E-state index in [1.54, 1.807) is 12.1 Å². The van der Waals surface area contributed by atoms with Gasteiger partial charge in [0, 0.05) is 24.3 Å². The second-order valence-electron chi connectivity index (χ2n) is 5.78. The number of ether oxygens (including phenoxy) is 2. The molecule has 1 amide bonds. The number of fused-ring (bicyclic) bond motifs is 1. The summed E-state index contributed by atoms with van der Waals surface area (Å²) < 4.78 is 11.0. The molecular formula is C18H19NO5. The van der Waals surface area contributed by atoms with Gasteiger partial charge in [-0.2, -0.15) is 0 Å². The molecule has 1 fully saturated rings. The number of hydrogen-bond donors (Lipinski definition) is 2. The van der Waals surface area contributed by atoms with Gasteiger partial charge in [0.1, 0.15) is 17.1 Å². The Labute approximate surface area is 139 Å². The molecule has 1 saturated heterocycles. The summed E-state index contributed by atoms with van der Waals surface area (Å²) in [4.78, 5) is 22.5. The Morgan fingerprint density at radius 1 is 1.33 bits per heavy atom. The molecule has 6 heteroatoms. The van der Waals surface area contributed by atoms with Gasteiger partial charge >= 0.3 is 5.97 Å². The third kappa shape index (κ3) is 3.27. The van der Waals surface area contributed by atoms with Gasteiger partial charge in [-0.1, -0.05) is 12.1 Å². The molecule has 0 saturated carbocycles. The number of carbonyl (C=O) groups excluding carboxylic acids is 1. The Kier molecular flexibility index (Phi) is 4.55. The third-order valence-electron chi connectivity index (χ3n) is 4.20. The highest BCUT2D eigenvalue weighted by molar-refractivity contribution is 5.99. The van der Waals surface area contributed by atoms with Gasteiger partial charge in [-0.3, -0.25) is 4.79 Å². The zero-order valence-electron chi connectivity index (χ0n) is 13.4. The third-order valence-corrected chi connectivity index (χ3v) is 4.20. The predicted molar refractivity (Wildman–Crippen MR) is 88.7 cm³/mol. The summed E-state index contributed by atoms with van der Waals surface area (Å²) in [6.45, 7) is 0.479. The minimum absolute atomic E-state index is 0.0936. The first-order valence-electron chi connectivity index (χ1n) is 7.84. The maximum absolute atomic E-state index is 11.3. The normalized spacial score (nSPS) is 16.9. The molecule has 1 heterocycles. The SMILES string of the molecule is COc1cc2c(OCC[C@@H]3CCC(=O)N3)cccc2cc1C(=O)O. The van der Waals surface area contributed by atoms with Crippen molar-refractivity contribution in [3.8, 4) is 11.5 Å². The summed E-state index contributed by atoms with van der Waals surface area (Å²) in [5.41, 5.74) is 0.121. The highest BCUT2D eigenvalue weighted by atomic mass is 16.5. The van der Waals surface area contributed by atoms with Crippen molar-refractivity contribution >= 4 is 22.6 Å². The summed E-state index contributed by atoms with van der Waals surface area (Å²) in [7, 11) is 1.44. The Hall–Kier alpha value is -2.76. The van der Waals surface area contributed by atoms with E-state index in [0.29, 0.717) is 24.5 Å². The molecule has 1 aliphatic rings. The lowest BCUT2D eigenvalue weighted by Crippen LogP contribution is -2.26. The Balaban J connectivity index is 1.80. The van der Waals surface area contributed by atoms with Gasteiger partial charge < -0.3 is 19.9 Å². The van der Waals surface area contributed by atoms with E-state index in [4.69, 9.17) is 9.47 Å². The van der Waals surface area contributed by atoms with E-state index in [0.717, 1.165) is 23.6 Å². The summed E-state index contributed by atoms with van der Waals surface area (Å²) in [6.07, 6.45) is 2.16. The van der Waals surface area contributed by atoms with E-state index in [9.17, 15) is 14.7 Å². The molecule has 1 aliphatic heterocycles. The monoisotopic (exact) mass is 329 g/mol. The summed E-state index contributed by atoms with van der Waals surface area (Å²) in [5.74, 6) is 0.0364. The lowest BCUT2D eigenvalue weighted by Gasteiger charge is -2.14. The van der Waals surface area contributed by atoms with Crippen molar-refractivity contribution in [1.82, 2.24) is 5.32 Å². The van der Waals surface area contributed by atoms with E-state index >= 15 is 0 Å². The lowest BCUT2D eigenvalue weighted by atomic mass is 10.0. The van der Waals surface area contributed by atoms with Gasteiger partial charge in [0.25, 0.3) is 0 Å². The van der Waals surface area contributed by atoms with E-state index in [1.807, 2.05) is 18.2 Å². The number of hydrogen-bond acceptors (Lipinski definition) is 4. The number of amides is 1. The van der Waals surface area contributed by atoms with Crippen molar-refractivity contribution in [3.05, 3.63) is 35.9 Å². The maximum atomic E-state index is 11.3. The summed E-state index contributed by atoms with van der Waals surface area (Å²) >= 11 is 0. The number of methoxy groups -OCH3 is 1. The first kappa shape index (κ1) is 16.1. The van der Waals surface area contributed by atoms with Crippen LogP contribution in [-0.2, 0) is 4.79 Å². The highest BCUT2D eigenvalue weighted by Gasteiger charge is 2.20. The topological polar surface area (TPSA) is 84.9 Å². The van der Waals surface area contributed by atoms with Crippen LogP contribution in [0, 0.1) is 0 Å². The molecule has 126 valence electrons. The first-order valence-corrected chi connectivity index (χ1v) is 7.84. The number of carbonyl (C=O) groups is 2. The van der Waals surface area contributed by atoms with E-state index in [2.05, 4.69) is 5.32 Å². The molecule has 0 bridgehead atoms. The van der Waals surface area contributed by atoms with E-state index in [-0.39, 0.29) is 17.5 Å². The zero-order chi connectivity index (χ0) is 17.1. The fourth-order valence-corrected chi connectivity index (χ4v) is 2.94. The van der Waals surface area contributed by atoms with Crippen molar-refractivity contribution in [2.75, 3.05) is 13.7 Å². The van der Waals surface area contributed by atoms with Crippen LogP contribution in [0.1, 0.15) is 29.6 Å². The molecule has 2 aromatic rings. The molecule has 0 unspecified atom stereocenters. The molecule has 2 aromatic carbocycles. The molecule has 0 aromatic heterocycles. The number of carboxylic acid groups (broad SMARTS) is 1. The number of aromatic carboxylic acids is 1. The van der Waals surface area contributed by atoms with Gasteiger partial charge in [0.15, 0.2) is 0 Å². The smallest absolute Gasteiger partial charge is 0.339 e. The minimum atomic E-state index is -1.03. The molecule has 0 spiro atoms. The summed E-state index contributed by atoms with van der Waals surface area (Å²) in [6, 6.07) is 8.94. The number of nitrogens with one attached hydrogen (secondary N) is 1. The Bertz CT molecular complexity index is 786. The molecule has 1 atom stereocenters. The van der Waals surface area contributed by atoms with Crippen LogP contribution in [0.5, 0.6) is 11.5 Å². The average Bonchev–Trinajstić information content (AvgIpc) is 2.99. The van der Waals surface area contributed by atoms with Crippen LogP contribution in [0.3, 0.4) is 0 Å². The van der Waals surface area contributed by atoms with E-state index in [1.165, 1.54) is 7.11 Å². The number of carboxylic acids is 1. The predicted octanol–water partition coefficient (Wildman–Crippen LogP) is 2.59. The molecule has 2 N–H and O–H groups in total. The largest absolute Gasteiger partial charge is 0.496 e. The minimum Gasteiger partial charge on any atom is -0.496 e. The van der Waals surface area contributed by atoms with E-state index < -0.39 is 5.97 Å². The standard InChI is InChI=1S/C18H19NO5/c1-23-16-10-13-11(9-14(16)18(21)22)3-2-4-15(13)24-8-7-12-5-6-17(20)19-12/h2-4,9-10,12H,5-8H2,1H3,(H,19,20)(H,21,22)/t12-/m0/s1. The van der Waals surface area contributed by atoms with Gasteiger partial charge in [0.2, 0.25) is 5.91 Å². The van der Waals surface area contributed by atoms with Crippen molar-refractivity contribution < 1.29 is 24.2 Å². The fourth-order valence-electron chi connectivity index (χ4n) is 2.94. The van der Waals surface area contributed by atoms with Crippen LogP contribution in [0.4, 0.5) is 0 Å². The average molecular weight is 329 g/mol. The second-order valence-corrected chi connectivity index (χ2v) is 5.78. The van der Waals surface area contributed by atoms with Crippen molar-refractivity contribution in [1.29, 1.82) is 0 Å². The zero-order valence-corrected chi connectivity index (χ0v) is 13.4. The van der Waals surface area contributed by atoms with Crippen LogP contribution in [-0.4, -0.2) is 36.7 Å². The molecule has 6 nitrogen and oxygen atoms in total. The molecular weight excluding hydrogens is 310 g/mol. The Morgan fingerprint density at radius 2 is 2.17 bits per heavy atom. The lowest BCUT2D eigenvalue weighted by molar-refractivity contribution is -0.119. The van der Waals surface area contributed by atoms with Crippen LogP contribution >= 0.6 is 0 Å². The van der Waals surface area contributed by atoms with Gasteiger partial charge in [-0.15, -0.1) is 0 Å². The van der Waals surface area contributed by atoms with Gasteiger partial charge in [-0.25, -0.2) is 4.79 Å². The highest BCUT2D eigenvalue weighted by Crippen LogP contribution is 2.32. The second kappa shape index (κ2) is 6.78. The summed E-state index contributed by atoms with van der Waals surface area (Å²) in [5, 5.41) is 13.8. The van der Waals surface area contributed by atoms with Gasteiger partial charge in [0.05, 0.1) is 13.7 Å². The number of benzene rings is 2. The van der Waals surface area contributed by atoms with Crippen LogP contribution < -0.4 is 14.8 Å². The van der Waals surface area contributed by atoms with Crippen LogP contribution in [0.15, 0.2) is 30.3 Å². The molecule has 3 rings (SSSR count). The first-order chi connectivity index (χ1) is 11.6. The van der Waals surface area contributed by atoms with Crippen molar-refractivity contribution in [2.45, 2.75) is 25.3 Å². The Morgan fingerprint density at radius 3 is 2.83 bits per heavy atom. The van der Waals surface area contributed by atoms with Gasteiger partial charge in [-0.05, 0) is 30.0 Å².